The zero-order valence-corrected chi connectivity index (χ0v) is 14.5. The Bertz CT molecular complexity index is 513. The molecule has 0 radical (unpaired) electrons. The van der Waals surface area contributed by atoms with E-state index in [9.17, 15) is 9.59 Å². The van der Waals surface area contributed by atoms with Gasteiger partial charge in [-0.2, -0.15) is 0 Å². The molecule has 2 N–H and O–H groups in total. The Balaban J connectivity index is 1.63. The predicted molar refractivity (Wildman–Crippen MR) is 96.0 cm³/mol. The van der Waals surface area contributed by atoms with E-state index in [1.54, 1.807) is 0 Å². The number of benzene rings is 1. The van der Waals surface area contributed by atoms with E-state index in [-0.39, 0.29) is 11.8 Å². The second-order valence-electron chi connectivity index (χ2n) is 6.01. The van der Waals surface area contributed by atoms with Gasteiger partial charge in [0.2, 0.25) is 11.8 Å². The van der Waals surface area contributed by atoms with E-state index < -0.39 is 0 Å². The molecule has 1 aliphatic rings. The third-order valence-electron chi connectivity index (χ3n) is 4.25. The predicted octanol–water partition coefficient (Wildman–Crippen LogP) is 0.841. The van der Waals surface area contributed by atoms with Crippen molar-refractivity contribution in [2.45, 2.75) is 19.3 Å². The Morgan fingerprint density at radius 1 is 1.00 bits per heavy atom. The number of carbonyl (C=O) groups is 2. The second kappa shape index (κ2) is 9.93. The Labute approximate surface area is 144 Å². The minimum atomic E-state index is 0.0203. The average Bonchev–Trinajstić information content (AvgIpc) is 2.63. The molecular formula is C18H28N4O2. The highest BCUT2D eigenvalue weighted by Gasteiger charge is 2.20. The summed E-state index contributed by atoms with van der Waals surface area (Å²) in [5, 5.41) is 5.83. The van der Waals surface area contributed by atoms with Crippen molar-refractivity contribution in [2.75, 3.05) is 51.2 Å². The molecule has 0 spiro atoms. The summed E-state index contributed by atoms with van der Waals surface area (Å²) in [6.07, 6.45) is 1.70. The van der Waals surface area contributed by atoms with Crippen LogP contribution in [0, 0.1) is 0 Å². The molecule has 0 aromatic heterocycles. The van der Waals surface area contributed by atoms with Crippen LogP contribution in [0.15, 0.2) is 30.3 Å². The van der Waals surface area contributed by atoms with Gasteiger partial charge in [0.05, 0.1) is 0 Å². The minimum Gasteiger partial charge on any atom is -0.368 e. The summed E-state index contributed by atoms with van der Waals surface area (Å²) < 4.78 is 0. The second-order valence-corrected chi connectivity index (χ2v) is 6.01. The number of amides is 2. The number of nitrogens with one attached hydrogen (secondary N) is 2. The lowest BCUT2D eigenvalue weighted by molar-refractivity contribution is -0.131. The van der Waals surface area contributed by atoms with Gasteiger partial charge in [-0.3, -0.25) is 9.59 Å². The molecule has 0 aliphatic carbocycles. The van der Waals surface area contributed by atoms with Gasteiger partial charge in [0.1, 0.15) is 0 Å². The fourth-order valence-electron chi connectivity index (χ4n) is 2.83. The number of hydrogen-bond donors (Lipinski definition) is 2. The van der Waals surface area contributed by atoms with Crippen LogP contribution in [0.4, 0.5) is 5.69 Å². The molecule has 1 saturated heterocycles. The molecule has 6 heteroatoms. The van der Waals surface area contributed by atoms with Crippen LogP contribution in [-0.4, -0.2) is 63.0 Å². The van der Waals surface area contributed by atoms with Gasteiger partial charge in [-0.25, -0.2) is 0 Å². The maximum absolute atomic E-state index is 12.2. The van der Waals surface area contributed by atoms with Gasteiger partial charge in [-0.05, 0) is 32.1 Å². The number of carbonyl (C=O) groups excluding carboxylic acids is 2. The molecule has 24 heavy (non-hydrogen) atoms. The maximum atomic E-state index is 12.2. The Morgan fingerprint density at radius 2 is 1.71 bits per heavy atom. The molecule has 2 amide bonds. The van der Waals surface area contributed by atoms with Crippen LogP contribution in [-0.2, 0) is 9.59 Å². The van der Waals surface area contributed by atoms with Crippen molar-refractivity contribution in [1.29, 1.82) is 0 Å². The van der Waals surface area contributed by atoms with Crippen LogP contribution < -0.4 is 15.5 Å². The fourth-order valence-corrected chi connectivity index (χ4v) is 2.83. The Kier molecular flexibility index (Phi) is 7.55. The van der Waals surface area contributed by atoms with Gasteiger partial charge in [0, 0.05) is 51.3 Å². The van der Waals surface area contributed by atoms with Gasteiger partial charge >= 0.3 is 0 Å². The molecule has 132 valence electrons. The fraction of sp³-hybridized carbons (Fsp3) is 0.556. The lowest BCUT2D eigenvalue weighted by Gasteiger charge is -2.36. The van der Waals surface area contributed by atoms with E-state index in [4.69, 9.17) is 0 Å². The Morgan fingerprint density at radius 3 is 2.38 bits per heavy atom. The molecule has 1 aromatic rings. The van der Waals surface area contributed by atoms with Crippen LogP contribution in [0.1, 0.15) is 19.3 Å². The first-order valence-corrected chi connectivity index (χ1v) is 8.70. The van der Waals surface area contributed by atoms with E-state index in [0.717, 1.165) is 39.1 Å². The summed E-state index contributed by atoms with van der Waals surface area (Å²) in [6.45, 7) is 4.44. The van der Waals surface area contributed by atoms with E-state index in [1.165, 1.54) is 5.69 Å². The number of nitrogens with zero attached hydrogens (tertiary/aromatic N) is 2. The standard InChI is InChI=1S/C18H28N4O2/c1-19-10-5-8-17(23)20-11-9-18(24)22-14-12-21(13-15-22)16-6-3-2-4-7-16/h2-4,6-7,19H,5,8-15H2,1H3,(H,20,23). The van der Waals surface area contributed by atoms with Crippen molar-refractivity contribution in [3.05, 3.63) is 30.3 Å². The molecule has 1 heterocycles. The van der Waals surface area contributed by atoms with Crippen LogP contribution in [0.3, 0.4) is 0 Å². The number of rotatable bonds is 8. The number of piperazine rings is 1. The SMILES string of the molecule is CNCCCC(=O)NCCC(=O)N1CCN(c2ccccc2)CC1. The first kappa shape index (κ1) is 18.3. The highest BCUT2D eigenvalue weighted by Crippen LogP contribution is 2.15. The van der Waals surface area contributed by atoms with Gasteiger partial charge in [0.15, 0.2) is 0 Å². The van der Waals surface area contributed by atoms with Gasteiger partial charge in [-0.15, -0.1) is 0 Å². The zero-order valence-electron chi connectivity index (χ0n) is 14.5. The van der Waals surface area contributed by atoms with Crippen molar-refractivity contribution < 1.29 is 9.59 Å². The van der Waals surface area contributed by atoms with Crippen LogP contribution in [0.5, 0.6) is 0 Å². The molecule has 1 aromatic carbocycles. The number of anilines is 1. The van der Waals surface area contributed by atoms with E-state index in [1.807, 2.05) is 30.1 Å². The molecule has 1 fully saturated rings. The molecule has 2 rings (SSSR count). The van der Waals surface area contributed by atoms with E-state index in [2.05, 4.69) is 27.7 Å². The lowest BCUT2D eigenvalue weighted by Crippen LogP contribution is -2.49. The summed E-state index contributed by atoms with van der Waals surface area (Å²) in [6, 6.07) is 10.3. The van der Waals surface area contributed by atoms with Crippen molar-refractivity contribution >= 4 is 17.5 Å². The lowest BCUT2D eigenvalue weighted by atomic mass is 10.2. The summed E-state index contributed by atoms with van der Waals surface area (Å²) in [5.41, 5.74) is 1.21. The van der Waals surface area contributed by atoms with Crippen LogP contribution in [0.25, 0.3) is 0 Å². The molecule has 0 atom stereocenters. The average molecular weight is 332 g/mol. The van der Waals surface area contributed by atoms with Crippen LogP contribution in [0.2, 0.25) is 0 Å². The minimum absolute atomic E-state index is 0.0203. The summed E-state index contributed by atoms with van der Waals surface area (Å²) >= 11 is 0. The topological polar surface area (TPSA) is 64.7 Å². The van der Waals surface area contributed by atoms with Crippen molar-refractivity contribution in [1.82, 2.24) is 15.5 Å². The summed E-state index contributed by atoms with van der Waals surface area (Å²) in [4.78, 5) is 28.0. The normalized spacial score (nSPS) is 14.5. The maximum Gasteiger partial charge on any atom is 0.224 e. The van der Waals surface area contributed by atoms with E-state index >= 15 is 0 Å². The number of hydrogen-bond acceptors (Lipinski definition) is 4. The first-order valence-electron chi connectivity index (χ1n) is 8.70. The Hall–Kier alpha value is -2.08. The van der Waals surface area contributed by atoms with Crippen molar-refractivity contribution in [3.63, 3.8) is 0 Å². The molecule has 6 nitrogen and oxygen atoms in total. The molecule has 0 bridgehead atoms. The summed E-state index contributed by atoms with van der Waals surface area (Å²) in [7, 11) is 1.87. The summed E-state index contributed by atoms with van der Waals surface area (Å²) in [5.74, 6) is 0.144. The van der Waals surface area contributed by atoms with Crippen molar-refractivity contribution in [2.24, 2.45) is 0 Å². The molecular weight excluding hydrogens is 304 g/mol. The van der Waals surface area contributed by atoms with Crippen LogP contribution >= 0.6 is 0 Å². The highest BCUT2D eigenvalue weighted by atomic mass is 16.2. The van der Waals surface area contributed by atoms with Gasteiger partial charge < -0.3 is 20.4 Å². The first-order chi connectivity index (χ1) is 11.7. The molecule has 0 unspecified atom stereocenters. The third-order valence-corrected chi connectivity index (χ3v) is 4.25. The largest absolute Gasteiger partial charge is 0.368 e. The monoisotopic (exact) mass is 332 g/mol. The van der Waals surface area contributed by atoms with E-state index in [0.29, 0.717) is 19.4 Å². The molecule has 1 aliphatic heterocycles. The third kappa shape index (κ3) is 5.85. The zero-order chi connectivity index (χ0) is 17.2. The van der Waals surface area contributed by atoms with Gasteiger partial charge in [0.25, 0.3) is 0 Å². The van der Waals surface area contributed by atoms with Gasteiger partial charge in [-0.1, -0.05) is 18.2 Å². The quantitative estimate of drug-likeness (QED) is 0.693. The number of para-hydroxylation sites is 1. The van der Waals surface area contributed by atoms with Crippen molar-refractivity contribution in [3.8, 4) is 0 Å². The molecule has 0 saturated carbocycles. The smallest absolute Gasteiger partial charge is 0.224 e. The highest BCUT2D eigenvalue weighted by molar-refractivity contribution is 5.79.